The number of hydrazine groups is 1. The monoisotopic (exact) mass is 314 g/mol. The molecule has 9 heteroatoms. The van der Waals surface area contributed by atoms with Gasteiger partial charge >= 0.3 is 0 Å². The predicted molar refractivity (Wildman–Crippen MR) is 78.7 cm³/mol. The molecule has 1 aliphatic heterocycles. The van der Waals surface area contributed by atoms with Gasteiger partial charge in [-0.3, -0.25) is 20.8 Å². The van der Waals surface area contributed by atoms with Crippen LogP contribution in [-0.4, -0.2) is 40.3 Å². The average molecular weight is 314 g/mol. The highest BCUT2D eigenvalue weighted by Crippen LogP contribution is 2.27. The molecule has 1 aromatic rings. The molecule has 1 amide bonds. The number of anilines is 1. The van der Waals surface area contributed by atoms with E-state index in [9.17, 15) is 19.3 Å². The van der Waals surface area contributed by atoms with E-state index in [1.807, 2.05) is 0 Å². The van der Waals surface area contributed by atoms with Gasteiger partial charge in [-0.25, -0.2) is 4.39 Å². The van der Waals surface area contributed by atoms with E-state index in [0.717, 1.165) is 30.1 Å². The molecule has 1 aliphatic rings. The number of nitrogen functional groups attached to an aromatic ring is 1. The molecule has 0 atom stereocenters. The van der Waals surface area contributed by atoms with Crippen molar-refractivity contribution in [3.63, 3.8) is 0 Å². The van der Waals surface area contributed by atoms with Crippen molar-refractivity contribution in [2.24, 2.45) is 5.84 Å². The molecule has 0 aromatic heterocycles. The fourth-order valence-corrected chi connectivity index (χ4v) is 3.00. The van der Waals surface area contributed by atoms with Crippen LogP contribution in [0.5, 0.6) is 0 Å². The second kappa shape index (κ2) is 6.72. The van der Waals surface area contributed by atoms with E-state index in [1.54, 1.807) is 16.7 Å². The van der Waals surface area contributed by atoms with Gasteiger partial charge in [0.2, 0.25) is 0 Å². The summed E-state index contributed by atoms with van der Waals surface area (Å²) in [6.45, 7) is 1.05. The molecular formula is C12H15FN4O3S. The SMILES string of the molecule is NNc1cc(C(=O)N2CCCSCC2)c([N+](=O)[O-])cc1F. The van der Waals surface area contributed by atoms with Crippen LogP contribution in [0.4, 0.5) is 15.8 Å². The van der Waals surface area contributed by atoms with Gasteiger partial charge in [0, 0.05) is 18.8 Å². The van der Waals surface area contributed by atoms with Crippen molar-refractivity contribution in [2.75, 3.05) is 30.0 Å². The van der Waals surface area contributed by atoms with Gasteiger partial charge in [0.1, 0.15) is 5.56 Å². The molecule has 0 bridgehead atoms. The summed E-state index contributed by atoms with van der Waals surface area (Å²) in [6.07, 6.45) is 0.827. The van der Waals surface area contributed by atoms with Crippen LogP contribution in [0.25, 0.3) is 0 Å². The average Bonchev–Trinajstić information content (AvgIpc) is 2.75. The van der Waals surface area contributed by atoms with Crippen molar-refractivity contribution in [2.45, 2.75) is 6.42 Å². The third-order valence-electron chi connectivity index (χ3n) is 3.18. The van der Waals surface area contributed by atoms with Crippen LogP contribution in [0, 0.1) is 15.9 Å². The van der Waals surface area contributed by atoms with Crippen LogP contribution in [0.1, 0.15) is 16.8 Å². The summed E-state index contributed by atoms with van der Waals surface area (Å²) in [5.74, 6) is 5.55. The van der Waals surface area contributed by atoms with Gasteiger partial charge in [0.05, 0.1) is 16.7 Å². The van der Waals surface area contributed by atoms with Gasteiger partial charge in [-0.2, -0.15) is 11.8 Å². The summed E-state index contributed by atoms with van der Waals surface area (Å²) >= 11 is 1.73. The molecule has 1 fully saturated rings. The summed E-state index contributed by atoms with van der Waals surface area (Å²) in [4.78, 5) is 24.3. The van der Waals surface area contributed by atoms with E-state index < -0.39 is 22.3 Å². The Hall–Kier alpha value is -1.87. The first-order valence-corrected chi connectivity index (χ1v) is 7.51. The van der Waals surface area contributed by atoms with E-state index in [2.05, 4.69) is 5.43 Å². The maximum absolute atomic E-state index is 13.6. The molecule has 1 aromatic carbocycles. The zero-order valence-electron chi connectivity index (χ0n) is 11.2. The van der Waals surface area contributed by atoms with E-state index in [-0.39, 0.29) is 11.3 Å². The van der Waals surface area contributed by atoms with Gasteiger partial charge < -0.3 is 10.3 Å². The molecule has 0 spiro atoms. The minimum Gasteiger partial charge on any atom is -0.338 e. The fourth-order valence-electron chi connectivity index (χ4n) is 2.12. The molecule has 114 valence electrons. The number of rotatable bonds is 3. The Balaban J connectivity index is 2.40. The third kappa shape index (κ3) is 3.42. The Morgan fingerprint density at radius 1 is 1.43 bits per heavy atom. The van der Waals surface area contributed by atoms with Crippen LogP contribution >= 0.6 is 11.8 Å². The smallest absolute Gasteiger partial charge is 0.285 e. The fraction of sp³-hybridized carbons (Fsp3) is 0.417. The lowest BCUT2D eigenvalue weighted by atomic mass is 10.1. The Kier molecular flexibility index (Phi) is 4.97. The Morgan fingerprint density at radius 3 is 2.86 bits per heavy atom. The molecule has 1 saturated heterocycles. The number of thioether (sulfide) groups is 1. The predicted octanol–water partition coefficient (Wildman–Crippen LogP) is 1.60. The summed E-state index contributed by atoms with van der Waals surface area (Å²) in [5.41, 5.74) is 1.25. The highest BCUT2D eigenvalue weighted by atomic mass is 32.2. The second-order valence-corrected chi connectivity index (χ2v) is 5.73. The highest BCUT2D eigenvalue weighted by Gasteiger charge is 2.27. The summed E-state index contributed by atoms with van der Waals surface area (Å²) in [6, 6.07) is 1.81. The lowest BCUT2D eigenvalue weighted by Crippen LogP contribution is -2.33. The number of benzene rings is 1. The van der Waals surface area contributed by atoms with Crippen LogP contribution in [-0.2, 0) is 0 Å². The number of nitrogens with zero attached hydrogens (tertiary/aromatic N) is 2. The zero-order chi connectivity index (χ0) is 15.4. The van der Waals surface area contributed by atoms with Crippen molar-refractivity contribution in [1.29, 1.82) is 0 Å². The van der Waals surface area contributed by atoms with Crippen LogP contribution in [0.3, 0.4) is 0 Å². The zero-order valence-corrected chi connectivity index (χ0v) is 12.0. The first kappa shape index (κ1) is 15.5. The quantitative estimate of drug-likeness (QED) is 0.499. The first-order valence-electron chi connectivity index (χ1n) is 6.36. The van der Waals surface area contributed by atoms with Crippen LogP contribution < -0.4 is 11.3 Å². The molecule has 1 heterocycles. The summed E-state index contributed by atoms with van der Waals surface area (Å²) in [5, 5.41) is 11.0. The van der Waals surface area contributed by atoms with E-state index in [4.69, 9.17) is 5.84 Å². The van der Waals surface area contributed by atoms with Crippen molar-refractivity contribution < 1.29 is 14.1 Å². The number of carbonyl (C=O) groups excluding carboxylic acids is 1. The molecular weight excluding hydrogens is 299 g/mol. The van der Waals surface area contributed by atoms with Gasteiger partial charge in [-0.1, -0.05) is 0 Å². The van der Waals surface area contributed by atoms with Crippen molar-refractivity contribution in [3.8, 4) is 0 Å². The van der Waals surface area contributed by atoms with Crippen molar-refractivity contribution in [1.82, 2.24) is 4.90 Å². The molecule has 3 N–H and O–H groups in total. The number of nitrogens with two attached hydrogens (primary N) is 1. The van der Waals surface area contributed by atoms with Crippen molar-refractivity contribution >= 4 is 29.0 Å². The lowest BCUT2D eigenvalue weighted by molar-refractivity contribution is -0.385. The molecule has 0 saturated carbocycles. The minimum atomic E-state index is -0.868. The number of nitro benzene ring substituents is 1. The lowest BCUT2D eigenvalue weighted by Gasteiger charge is -2.20. The number of hydrogen-bond acceptors (Lipinski definition) is 6. The standard InChI is InChI=1S/C12H15FN4O3S/c13-9-7-11(17(19)20)8(6-10(9)15-14)12(18)16-2-1-4-21-5-3-16/h6-7,15H,1-5,14H2. The Morgan fingerprint density at radius 2 is 2.19 bits per heavy atom. The van der Waals surface area contributed by atoms with Crippen molar-refractivity contribution in [3.05, 3.63) is 33.6 Å². The molecule has 2 rings (SSSR count). The number of carbonyl (C=O) groups is 1. The van der Waals surface area contributed by atoms with Gasteiger partial charge in [-0.05, 0) is 18.2 Å². The number of halogens is 1. The third-order valence-corrected chi connectivity index (χ3v) is 4.23. The van der Waals surface area contributed by atoms with Crippen LogP contribution in [0.15, 0.2) is 12.1 Å². The topological polar surface area (TPSA) is 102 Å². The minimum absolute atomic E-state index is 0.145. The molecule has 0 aliphatic carbocycles. The largest absolute Gasteiger partial charge is 0.338 e. The van der Waals surface area contributed by atoms with E-state index in [1.165, 1.54) is 0 Å². The van der Waals surface area contributed by atoms with Gasteiger partial charge in [-0.15, -0.1) is 0 Å². The summed E-state index contributed by atoms with van der Waals surface area (Å²) < 4.78 is 13.6. The molecule has 21 heavy (non-hydrogen) atoms. The van der Waals surface area contributed by atoms with E-state index >= 15 is 0 Å². The maximum Gasteiger partial charge on any atom is 0.285 e. The number of nitro groups is 1. The number of amides is 1. The number of nitrogens with one attached hydrogen (secondary N) is 1. The maximum atomic E-state index is 13.6. The molecule has 0 radical (unpaired) electrons. The Bertz CT molecular complexity index is 562. The Labute approximate surface area is 124 Å². The second-order valence-electron chi connectivity index (χ2n) is 4.51. The molecule has 0 unspecified atom stereocenters. The van der Waals surface area contributed by atoms with Gasteiger partial charge in [0.15, 0.2) is 5.82 Å². The van der Waals surface area contributed by atoms with E-state index in [0.29, 0.717) is 13.1 Å². The highest BCUT2D eigenvalue weighted by molar-refractivity contribution is 7.99. The number of hydrogen-bond donors (Lipinski definition) is 2. The normalized spacial score (nSPS) is 15.4. The molecule has 7 nitrogen and oxygen atoms in total. The first-order chi connectivity index (χ1) is 10.0. The van der Waals surface area contributed by atoms with Gasteiger partial charge in [0.25, 0.3) is 11.6 Å². The van der Waals surface area contributed by atoms with Crippen LogP contribution in [0.2, 0.25) is 0 Å². The summed E-state index contributed by atoms with van der Waals surface area (Å²) in [7, 11) is 0.